The second kappa shape index (κ2) is 0.873. The normalized spacial score (nSPS) is 55.3. The second-order valence-electron chi connectivity index (χ2n) is 2.94. The quantitative estimate of drug-likeness (QED) is 0.512. The van der Waals surface area contributed by atoms with Crippen LogP contribution in [0.15, 0.2) is 0 Å². The lowest BCUT2D eigenvalue weighted by Gasteiger charge is -2.61. The number of hydrogen-bond donors (Lipinski definition) is 1. The molecular weight excluding hydrogens is 86.1 g/mol. The van der Waals surface area contributed by atoms with E-state index in [1.165, 1.54) is 19.3 Å². The Morgan fingerprint density at radius 3 is 2.00 bits per heavy atom. The fraction of sp³-hybridized carbons (Fsp3) is 0.833. The highest BCUT2D eigenvalue weighted by Gasteiger charge is 2.55. The van der Waals surface area contributed by atoms with Gasteiger partial charge in [0.15, 0.2) is 0 Å². The fourth-order valence-electron chi connectivity index (χ4n) is 1.69. The summed E-state index contributed by atoms with van der Waals surface area (Å²) >= 11 is 0. The van der Waals surface area contributed by atoms with Crippen LogP contribution >= 0.6 is 0 Å². The predicted molar refractivity (Wildman–Crippen MR) is 28.6 cm³/mol. The molecular formula is C6H10N. The molecule has 3 saturated carbocycles. The number of rotatable bonds is 1. The zero-order chi connectivity index (χ0) is 4.91. The van der Waals surface area contributed by atoms with Crippen LogP contribution in [-0.4, -0.2) is 5.54 Å². The lowest BCUT2D eigenvalue weighted by molar-refractivity contribution is -0.0406. The van der Waals surface area contributed by atoms with E-state index in [4.69, 9.17) is 0 Å². The molecule has 0 saturated heterocycles. The minimum Gasteiger partial charge on any atom is -0.310 e. The van der Waals surface area contributed by atoms with Gasteiger partial charge in [0.2, 0.25) is 0 Å². The maximum atomic E-state index is 3.67. The molecule has 7 heavy (non-hydrogen) atoms. The molecule has 0 aliphatic heterocycles. The third-order valence-corrected chi connectivity index (χ3v) is 2.41. The van der Waals surface area contributed by atoms with Gasteiger partial charge >= 0.3 is 0 Å². The van der Waals surface area contributed by atoms with Crippen LogP contribution in [0.2, 0.25) is 0 Å². The van der Waals surface area contributed by atoms with Crippen molar-refractivity contribution in [2.75, 3.05) is 0 Å². The average Bonchev–Trinajstić information content (AvgIpc) is 1.25. The molecule has 3 aliphatic rings. The van der Waals surface area contributed by atoms with E-state index in [1.54, 1.807) is 0 Å². The van der Waals surface area contributed by atoms with Crippen LogP contribution in [0.5, 0.6) is 0 Å². The molecule has 3 rings (SSSR count). The topological polar surface area (TPSA) is 12.0 Å². The highest BCUT2D eigenvalue weighted by Crippen LogP contribution is 2.56. The van der Waals surface area contributed by atoms with Gasteiger partial charge < -0.3 is 5.32 Å². The van der Waals surface area contributed by atoms with Crippen LogP contribution in [0.1, 0.15) is 19.3 Å². The highest BCUT2D eigenvalue weighted by molar-refractivity contribution is 5.13. The minimum atomic E-state index is 0.546. The van der Waals surface area contributed by atoms with Crippen LogP contribution < -0.4 is 5.32 Å². The summed E-state index contributed by atoms with van der Waals surface area (Å²) in [6, 6.07) is 0. The van der Waals surface area contributed by atoms with Crippen molar-refractivity contribution in [3.05, 3.63) is 7.05 Å². The van der Waals surface area contributed by atoms with E-state index in [0.717, 1.165) is 5.92 Å². The van der Waals surface area contributed by atoms with Gasteiger partial charge in [-0.1, -0.05) is 0 Å². The van der Waals surface area contributed by atoms with E-state index in [1.807, 2.05) is 0 Å². The molecule has 3 fully saturated rings. The number of nitrogens with one attached hydrogen (secondary N) is 1. The molecule has 0 aromatic rings. The van der Waals surface area contributed by atoms with Gasteiger partial charge in [-0.3, -0.25) is 0 Å². The van der Waals surface area contributed by atoms with Crippen LogP contribution in [0.3, 0.4) is 0 Å². The van der Waals surface area contributed by atoms with Gasteiger partial charge in [0.05, 0.1) is 0 Å². The van der Waals surface area contributed by atoms with E-state index < -0.39 is 0 Å². The first-order chi connectivity index (χ1) is 3.35. The van der Waals surface area contributed by atoms with Crippen LogP contribution in [-0.2, 0) is 0 Å². The van der Waals surface area contributed by atoms with Gasteiger partial charge in [0.1, 0.15) is 0 Å². The van der Waals surface area contributed by atoms with Gasteiger partial charge in [-0.2, -0.15) is 0 Å². The molecule has 1 nitrogen and oxygen atoms in total. The Morgan fingerprint density at radius 2 is 2.00 bits per heavy atom. The van der Waals surface area contributed by atoms with Crippen molar-refractivity contribution >= 4 is 0 Å². The van der Waals surface area contributed by atoms with Crippen molar-refractivity contribution in [3.63, 3.8) is 0 Å². The Morgan fingerprint density at radius 1 is 1.43 bits per heavy atom. The maximum absolute atomic E-state index is 3.67. The molecule has 0 atom stereocenters. The summed E-state index contributed by atoms with van der Waals surface area (Å²) in [5.74, 6) is 1.08. The molecule has 1 radical (unpaired) electrons. The third kappa shape index (κ3) is 0.290. The van der Waals surface area contributed by atoms with Gasteiger partial charge in [-0.05, 0) is 25.2 Å². The highest BCUT2D eigenvalue weighted by atomic mass is 15.0. The average molecular weight is 96.2 g/mol. The minimum absolute atomic E-state index is 0.546. The summed E-state index contributed by atoms with van der Waals surface area (Å²) in [4.78, 5) is 0. The SMILES string of the molecule is [CH2]NC12CC(C1)C2. The largest absolute Gasteiger partial charge is 0.310 e. The molecule has 0 unspecified atom stereocenters. The smallest absolute Gasteiger partial charge is 0.0190 e. The van der Waals surface area contributed by atoms with Crippen molar-refractivity contribution < 1.29 is 0 Å². The lowest BCUT2D eigenvalue weighted by Crippen LogP contribution is -2.65. The third-order valence-electron chi connectivity index (χ3n) is 2.41. The van der Waals surface area contributed by atoms with Crippen LogP contribution in [0, 0.1) is 13.0 Å². The van der Waals surface area contributed by atoms with Crippen molar-refractivity contribution in [2.45, 2.75) is 24.8 Å². The fourth-order valence-corrected chi connectivity index (χ4v) is 1.69. The zero-order valence-electron chi connectivity index (χ0n) is 4.41. The molecule has 2 bridgehead atoms. The lowest BCUT2D eigenvalue weighted by atomic mass is 9.50. The molecule has 0 aromatic heterocycles. The summed E-state index contributed by atoms with van der Waals surface area (Å²) in [6.07, 6.45) is 4.20. The van der Waals surface area contributed by atoms with Crippen LogP contribution in [0.25, 0.3) is 0 Å². The summed E-state index contributed by atoms with van der Waals surface area (Å²) in [7, 11) is 3.67. The first kappa shape index (κ1) is 3.90. The second-order valence-corrected chi connectivity index (χ2v) is 2.94. The maximum Gasteiger partial charge on any atom is 0.0190 e. The van der Waals surface area contributed by atoms with Gasteiger partial charge in [0, 0.05) is 12.6 Å². The molecule has 0 spiro atoms. The van der Waals surface area contributed by atoms with Crippen LogP contribution in [0.4, 0.5) is 0 Å². The van der Waals surface area contributed by atoms with Gasteiger partial charge in [-0.25, -0.2) is 0 Å². The van der Waals surface area contributed by atoms with E-state index >= 15 is 0 Å². The predicted octanol–water partition coefficient (Wildman–Crippen LogP) is 0.920. The zero-order valence-corrected chi connectivity index (χ0v) is 4.41. The van der Waals surface area contributed by atoms with Gasteiger partial charge in [-0.15, -0.1) is 0 Å². The summed E-state index contributed by atoms with van der Waals surface area (Å²) in [5, 5.41) is 3.09. The van der Waals surface area contributed by atoms with E-state index in [9.17, 15) is 0 Å². The van der Waals surface area contributed by atoms with Crippen molar-refractivity contribution in [3.8, 4) is 0 Å². The monoisotopic (exact) mass is 96.1 g/mol. The Kier molecular flexibility index (Phi) is 0.487. The first-order valence-corrected chi connectivity index (χ1v) is 2.89. The molecule has 0 amide bonds. The van der Waals surface area contributed by atoms with Crippen molar-refractivity contribution in [2.24, 2.45) is 5.92 Å². The van der Waals surface area contributed by atoms with Crippen molar-refractivity contribution in [1.82, 2.24) is 5.32 Å². The molecule has 1 heteroatoms. The summed E-state index contributed by atoms with van der Waals surface area (Å²) in [6.45, 7) is 0. The summed E-state index contributed by atoms with van der Waals surface area (Å²) in [5.41, 5.74) is 0.546. The standard InChI is InChI=1S/C6H10N/c1-7-6-2-5(3-6)4-6/h5,7H,1-4H2. The molecule has 0 aromatic carbocycles. The Labute approximate surface area is 44.1 Å². The number of hydrogen-bond acceptors (Lipinski definition) is 1. The molecule has 3 aliphatic carbocycles. The van der Waals surface area contributed by atoms with E-state index in [2.05, 4.69) is 12.4 Å². The Balaban J connectivity index is 2.03. The van der Waals surface area contributed by atoms with E-state index in [-0.39, 0.29) is 0 Å². The van der Waals surface area contributed by atoms with Gasteiger partial charge in [0.25, 0.3) is 0 Å². The van der Waals surface area contributed by atoms with E-state index in [0.29, 0.717) is 5.54 Å². The van der Waals surface area contributed by atoms with Crippen molar-refractivity contribution in [1.29, 1.82) is 0 Å². The molecule has 1 N–H and O–H groups in total. The Bertz CT molecular complexity index is 75.3. The molecule has 0 heterocycles. The summed E-state index contributed by atoms with van der Waals surface area (Å²) < 4.78 is 0. The first-order valence-electron chi connectivity index (χ1n) is 2.89. The molecule has 39 valence electrons. The Hall–Kier alpha value is -0.0400.